The van der Waals surface area contributed by atoms with Crippen molar-refractivity contribution in [1.29, 1.82) is 0 Å². The number of benzene rings is 1. The smallest absolute Gasteiger partial charge is 0.0598 e. The summed E-state index contributed by atoms with van der Waals surface area (Å²) in [5.74, 6) is 0. The van der Waals surface area contributed by atoms with E-state index in [1.807, 2.05) is 0 Å². The second-order valence-electron chi connectivity index (χ2n) is 4.60. The zero-order valence-electron chi connectivity index (χ0n) is 10.3. The van der Waals surface area contributed by atoms with Gasteiger partial charge in [0.1, 0.15) is 0 Å². The maximum absolute atomic E-state index is 5.41. The lowest BCUT2D eigenvalue weighted by Gasteiger charge is -2.42. The first-order chi connectivity index (χ1) is 7.80. The molecule has 0 unspecified atom stereocenters. The number of hydrogen-bond donors (Lipinski definition) is 1. The van der Waals surface area contributed by atoms with Gasteiger partial charge < -0.3 is 10.1 Å². The monoisotopic (exact) mass is 219 g/mol. The fourth-order valence-electron chi connectivity index (χ4n) is 2.18. The van der Waals surface area contributed by atoms with Crippen molar-refractivity contribution in [2.24, 2.45) is 0 Å². The van der Waals surface area contributed by atoms with Crippen LogP contribution in [0.4, 0.5) is 0 Å². The van der Waals surface area contributed by atoms with Crippen LogP contribution in [0.1, 0.15) is 25.0 Å². The minimum Gasteiger partial charge on any atom is -0.379 e. The number of ether oxygens (including phenoxy) is 1. The largest absolute Gasteiger partial charge is 0.379 e. The van der Waals surface area contributed by atoms with Crippen LogP contribution in [0.2, 0.25) is 0 Å². The van der Waals surface area contributed by atoms with Crippen molar-refractivity contribution < 1.29 is 4.74 Å². The Kier molecular flexibility index (Phi) is 3.62. The van der Waals surface area contributed by atoms with E-state index >= 15 is 0 Å². The maximum atomic E-state index is 5.41. The molecule has 0 spiro atoms. The molecule has 88 valence electrons. The standard InChI is InChI=1S/C14H21NO/c1-3-12-5-7-13(8-6-12)14(9-15-4-2)10-16-11-14/h5-8,15H,3-4,9-11H2,1-2H3. The molecule has 1 fully saturated rings. The molecule has 1 saturated heterocycles. The van der Waals surface area contributed by atoms with E-state index in [1.54, 1.807) is 0 Å². The molecule has 2 rings (SSSR count). The zero-order chi connectivity index (χ0) is 11.4. The average molecular weight is 219 g/mol. The molecule has 0 radical (unpaired) electrons. The molecule has 16 heavy (non-hydrogen) atoms. The molecule has 1 aliphatic rings. The van der Waals surface area contributed by atoms with Crippen molar-refractivity contribution in [3.63, 3.8) is 0 Å². The van der Waals surface area contributed by atoms with Crippen molar-refractivity contribution in [2.75, 3.05) is 26.3 Å². The van der Waals surface area contributed by atoms with Gasteiger partial charge in [0, 0.05) is 6.54 Å². The molecule has 1 heterocycles. The van der Waals surface area contributed by atoms with Gasteiger partial charge in [0.25, 0.3) is 0 Å². The van der Waals surface area contributed by atoms with Crippen LogP contribution in [0, 0.1) is 0 Å². The van der Waals surface area contributed by atoms with Crippen molar-refractivity contribution in [2.45, 2.75) is 25.7 Å². The molecule has 0 aromatic heterocycles. The van der Waals surface area contributed by atoms with Gasteiger partial charge in [-0.15, -0.1) is 0 Å². The van der Waals surface area contributed by atoms with E-state index in [-0.39, 0.29) is 5.41 Å². The van der Waals surface area contributed by atoms with Gasteiger partial charge in [-0.2, -0.15) is 0 Å². The van der Waals surface area contributed by atoms with Gasteiger partial charge in [-0.25, -0.2) is 0 Å². The van der Waals surface area contributed by atoms with Crippen LogP contribution in [0.5, 0.6) is 0 Å². The summed E-state index contributed by atoms with van der Waals surface area (Å²) in [6, 6.07) is 9.00. The van der Waals surface area contributed by atoms with E-state index in [4.69, 9.17) is 4.74 Å². The van der Waals surface area contributed by atoms with E-state index in [1.165, 1.54) is 11.1 Å². The average Bonchev–Trinajstić information content (AvgIpc) is 2.29. The third kappa shape index (κ3) is 2.13. The Balaban J connectivity index is 2.13. The van der Waals surface area contributed by atoms with Crippen LogP contribution >= 0.6 is 0 Å². The SMILES string of the molecule is CCNCC1(c2ccc(CC)cc2)COC1. The first kappa shape index (κ1) is 11.6. The Labute approximate surface area is 98.0 Å². The highest BCUT2D eigenvalue weighted by Gasteiger charge is 2.39. The first-order valence-electron chi connectivity index (χ1n) is 6.18. The molecule has 0 atom stereocenters. The molecule has 1 aromatic rings. The third-order valence-corrected chi connectivity index (χ3v) is 3.44. The normalized spacial score (nSPS) is 18.1. The molecular weight excluding hydrogens is 198 g/mol. The number of rotatable bonds is 5. The summed E-state index contributed by atoms with van der Waals surface area (Å²) in [6.45, 7) is 8.09. The lowest BCUT2D eigenvalue weighted by Crippen LogP contribution is -2.53. The molecule has 1 N–H and O–H groups in total. The summed E-state index contributed by atoms with van der Waals surface area (Å²) in [6.07, 6.45) is 1.11. The quantitative estimate of drug-likeness (QED) is 0.819. The molecule has 1 aromatic carbocycles. The highest BCUT2D eigenvalue weighted by atomic mass is 16.5. The Morgan fingerprint density at radius 1 is 1.19 bits per heavy atom. The zero-order valence-corrected chi connectivity index (χ0v) is 10.3. The second kappa shape index (κ2) is 4.98. The van der Waals surface area contributed by atoms with Crippen LogP contribution in [-0.2, 0) is 16.6 Å². The minimum absolute atomic E-state index is 0.224. The Bertz CT molecular complexity index is 327. The molecule has 0 saturated carbocycles. The van der Waals surface area contributed by atoms with E-state index in [0.717, 1.165) is 32.7 Å². The van der Waals surface area contributed by atoms with Crippen LogP contribution in [0.15, 0.2) is 24.3 Å². The van der Waals surface area contributed by atoms with Crippen LogP contribution < -0.4 is 5.32 Å². The second-order valence-corrected chi connectivity index (χ2v) is 4.60. The van der Waals surface area contributed by atoms with Gasteiger partial charge in [-0.1, -0.05) is 38.1 Å². The lowest BCUT2D eigenvalue weighted by atomic mass is 9.78. The summed E-state index contributed by atoms with van der Waals surface area (Å²) in [4.78, 5) is 0. The van der Waals surface area contributed by atoms with E-state index in [9.17, 15) is 0 Å². The lowest BCUT2D eigenvalue weighted by molar-refractivity contribution is -0.0588. The van der Waals surface area contributed by atoms with Crippen LogP contribution in [0.3, 0.4) is 0 Å². The predicted octanol–water partition coefficient (Wildman–Crippen LogP) is 2.13. The Morgan fingerprint density at radius 3 is 2.31 bits per heavy atom. The van der Waals surface area contributed by atoms with Crippen molar-refractivity contribution >= 4 is 0 Å². The highest BCUT2D eigenvalue weighted by Crippen LogP contribution is 2.31. The third-order valence-electron chi connectivity index (χ3n) is 3.44. The molecule has 2 nitrogen and oxygen atoms in total. The fraction of sp³-hybridized carbons (Fsp3) is 0.571. The predicted molar refractivity (Wildman–Crippen MR) is 66.9 cm³/mol. The van der Waals surface area contributed by atoms with Gasteiger partial charge in [0.2, 0.25) is 0 Å². The topological polar surface area (TPSA) is 21.3 Å². The van der Waals surface area contributed by atoms with Crippen molar-refractivity contribution in [1.82, 2.24) is 5.32 Å². The summed E-state index contributed by atoms with van der Waals surface area (Å²) in [5, 5.41) is 3.44. The molecule has 0 amide bonds. The van der Waals surface area contributed by atoms with Gasteiger partial charge in [0.15, 0.2) is 0 Å². The van der Waals surface area contributed by atoms with E-state index in [0.29, 0.717) is 0 Å². The highest BCUT2D eigenvalue weighted by molar-refractivity contribution is 5.31. The van der Waals surface area contributed by atoms with Crippen LogP contribution in [0.25, 0.3) is 0 Å². The molecule has 1 aliphatic heterocycles. The summed E-state index contributed by atoms with van der Waals surface area (Å²) >= 11 is 0. The number of likely N-dealkylation sites (N-methyl/N-ethyl adjacent to an activating group) is 1. The van der Waals surface area contributed by atoms with Gasteiger partial charge >= 0.3 is 0 Å². The van der Waals surface area contributed by atoms with Gasteiger partial charge in [-0.3, -0.25) is 0 Å². The summed E-state index contributed by atoms with van der Waals surface area (Å²) < 4.78 is 5.41. The number of aryl methyl sites for hydroxylation is 1. The van der Waals surface area contributed by atoms with Crippen LogP contribution in [-0.4, -0.2) is 26.3 Å². The molecule has 2 heteroatoms. The van der Waals surface area contributed by atoms with Crippen molar-refractivity contribution in [3.8, 4) is 0 Å². The van der Waals surface area contributed by atoms with E-state index < -0.39 is 0 Å². The first-order valence-corrected chi connectivity index (χ1v) is 6.18. The minimum atomic E-state index is 0.224. The fourth-order valence-corrected chi connectivity index (χ4v) is 2.18. The Hall–Kier alpha value is -0.860. The molecule has 0 aliphatic carbocycles. The Morgan fingerprint density at radius 2 is 1.88 bits per heavy atom. The number of hydrogen-bond acceptors (Lipinski definition) is 2. The van der Waals surface area contributed by atoms with Gasteiger partial charge in [-0.05, 0) is 24.1 Å². The maximum Gasteiger partial charge on any atom is 0.0598 e. The summed E-state index contributed by atoms with van der Waals surface area (Å²) in [7, 11) is 0. The van der Waals surface area contributed by atoms with Crippen molar-refractivity contribution in [3.05, 3.63) is 35.4 Å². The number of nitrogens with one attached hydrogen (secondary N) is 1. The molecular formula is C14H21NO. The van der Waals surface area contributed by atoms with E-state index in [2.05, 4.69) is 43.4 Å². The summed E-state index contributed by atoms with van der Waals surface area (Å²) in [5.41, 5.74) is 3.04. The van der Waals surface area contributed by atoms with Gasteiger partial charge in [0.05, 0.1) is 18.6 Å². The molecule has 0 bridgehead atoms.